The van der Waals surface area contributed by atoms with Gasteiger partial charge in [-0.05, 0) is 53.6 Å². The summed E-state index contributed by atoms with van der Waals surface area (Å²) in [5, 5.41) is 0.612. The summed E-state index contributed by atoms with van der Waals surface area (Å²) in [4.78, 5) is 28.3. The van der Waals surface area contributed by atoms with Gasteiger partial charge in [0.2, 0.25) is 0 Å². The van der Waals surface area contributed by atoms with E-state index in [2.05, 4.69) is 15.8 Å². The number of halogens is 2. The molecule has 1 heterocycles. The number of hydrogen-bond donors (Lipinski definition) is 2. The van der Waals surface area contributed by atoms with Gasteiger partial charge in [-0.3, -0.25) is 25.4 Å². The Bertz CT molecular complexity index is 945. The highest BCUT2D eigenvalue weighted by Crippen LogP contribution is 2.20. The van der Waals surface area contributed by atoms with Crippen molar-refractivity contribution in [3.05, 3.63) is 88.2 Å². The van der Waals surface area contributed by atoms with Crippen molar-refractivity contribution in [3.63, 3.8) is 0 Å². The number of nitrogens with one attached hydrogen (secondary N) is 2. The molecule has 130 valence electrons. The lowest BCUT2D eigenvalue weighted by Gasteiger charge is -2.09. The van der Waals surface area contributed by atoms with Crippen molar-refractivity contribution in [2.45, 2.75) is 0 Å². The molecule has 0 spiro atoms. The van der Waals surface area contributed by atoms with Crippen LogP contribution >= 0.6 is 23.2 Å². The minimum absolute atomic E-state index is 0.174. The van der Waals surface area contributed by atoms with Gasteiger partial charge in [-0.2, -0.15) is 0 Å². The lowest BCUT2D eigenvalue weighted by molar-refractivity contribution is 0.0847. The predicted octanol–water partition coefficient (Wildman–Crippen LogP) is 4.13. The summed E-state index contributed by atoms with van der Waals surface area (Å²) in [6.45, 7) is 0. The smallest absolute Gasteiger partial charge is 0.267 e. The summed E-state index contributed by atoms with van der Waals surface area (Å²) >= 11 is 11.8. The second-order valence-electron chi connectivity index (χ2n) is 5.35. The van der Waals surface area contributed by atoms with Gasteiger partial charge in [0.1, 0.15) is 0 Å². The van der Waals surface area contributed by atoms with Crippen molar-refractivity contribution in [3.8, 4) is 11.1 Å². The Kier molecular flexibility index (Phi) is 5.51. The van der Waals surface area contributed by atoms with Crippen molar-refractivity contribution in [2.24, 2.45) is 0 Å². The fourth-order valence-electron chi connectivity index (χ4n) is 2.28. The normalized spacial score (nSPS) is 10.2. The Labute approximate surface area is 159 Å². The molecule has 3 rings (SSSR count). The number of benzene rings is 2. The summed E-state index contributed by atoms with van der Waals surface area (Å²) in [6.07, 6.45) is 3.40. The van der Waals surface area contributed by atoms with Gasteiger partial charge in [-0.15, -0.1) is 0 Å². The fraction of sp³-hybridized carbons (Fsp3) is 0. The van der Waals surface area contributed by atoms with Gasteiger partial charge < -0.3 is 0 Å². The van der Waals surface area contributed by atoms with Gasteiger partial charge in [-0.25, -0.2) is 0 Å². The number of rotatable bonds is 3. The van der Waals surface area contributed by atoms with Gasteiger partial charge in [0.25, 0.3) is 11.8 Å². The third kappa shape index (κ3) is 4.20. The van der Waals surface area contributed by atoms with Crippen LogP contribution in [0.2, 0.25) is 10.0 Å². The first-order chi connectivity index (χ1) is 12.5. The molecule has 26 heavy (non-hydrogen) atoms. The molecule has 0 atom stereocenters. The summed E-state index contributed by atoms with van der Waals surface area (Å²) in [6, 6.07) is 15.2. The van der Waals surface area contributed by atoms with Crippen LogP contribution in [0.5, 0.6) is 0 Å². The standard InChI is InChI=1S/C19H13Cl2N3O2/c20-15-5-6-17(21)16(11-15)19(26)24-23-18(25)14-3-1-12(2-4-14)13-7-9-22-10-8-13/h1-11H,(H,23,25)(H,24,26). The number of hydrazine groups is 1. The van der Waals surface area contributed by atoms with Crippen LogP contribution in [0.3, 0.4) is 0 Å². The van der Waals surface area contributed by atoms with Crippen LogP contribution in [0.4, 0.5) is 0 Å². The summed E-state index contributed by atoms with van der Waals surface area (Å²) in [5.74, 6) is -1.00. The van der Waals surface area contributed by atoms with Crippen molar-refractivity contribution >= 4 is 35.0 Å². The van der Waals surface area contributed by atoms with E-state index in [0.29, 0.717) is 10.6 Å². The van der Waals surface area contributed by atoms with Gasteiger partial charge in [-0.1, -0.05) is 35.3 Å². The van der Waals surface area contributed by atoms with E-state index in [4.69, 9.17) is 23.2 Å². The molecule has 0 aliphatic rings. The molecular formula is C19H13Cl2N3O2. The molecule has 3 aromatic rings. The van der Waals surface area contributed by atoms with Crippen LogP contribution in [0.1, 0.15) is 20.7 Å². The SMILES string of the molecule is O=C(NNC(=O)c1cc(Cl)ccc1Cl)c1ccc(-c2ccncc2)cc1. The Balaban J connectivity index is 1.65. The number of carbonyl (C=O) groups excluding carboxylic acids is 2. The molecule has 0 radical (unpaired) electrons. The second-order valence-corrected chi connectivity index (χ2v) is 6.19. The number of carbonyl (C=O) groups is 2. The number of amides is 2. The van der Waals surface area contributed by atoms with Gasteiger partial charge in [0.05, 0.1) is 10.6 Å². The Morgan fingerprint density at radius 3 is 2.08 bits per heavy atom. The number of aromatic nitrogens is 1. The van der Waals surface area contributed by atoms with Crippen LogP contribution in [0.25, 0.3) is 11.1 Å². The number of nitrogens with zero attached hydrogens (tertiary/aromatic N) is 1. The first-order valence-electron chi connectivity index (χ1n) is 7.61. The Morgan fingerprint density at radius 2 is 1.38 bits per heavy atom. The Morgan fingerprint density at radius 1 is 0.769 bits per heavy atom. The highest BCUT2D eigenvalue weighted by atomic mass is 35.5. The molecular weight excluding hydrogens is 373 g/mol. The molecule has 0 fully saturated rings. The van der Waals surface area contributed by atoms with E-state index in [9.17, 15) is 9.59 Å². The van der Waals surface area contributed by atoms with E-state index >= 15 is 0 Å². The molecule has 0 aliphatic carbocycles. The molecule has 0 bridgehead atoms. The second kappa shape index (κ2) is 7.99. The van der Waals surface area contributed by atoms with E-state index in [1.165, 1.54) is 12.1 Å². The molecule has 2 amide bonds. The maximum absolute atomic E-state index is 12.2. The average molecular weight is 386 g/mol. The largest absolute Gasteiger partial charge is 0.271 e. The molecule has 2 N–H and O–H groups in total. The molecule has 5 nitrogen and oxygen atoms in total. The summed E-state index contributed by atoms with van der Waals surface area (Å²) < 4.78 is 0. The lowest BCUT2D eigenvalue weighted by Crippen LogP contribution is -2.41. The minimum Gasteiger partial charge on any atom is -0.267 e. The van der Waals surface area contributed by atoms with Crippen LogP contribution in [0, 0.1) is 0 Å². The highest BCUT2D eigenvalue weighted by molar-refractivity contribution is 6.35. The topological polar surface area (TPSA) is 71.1 Å². The fourth-order valence-corrected chi connectivity index (χ4v) is 2.66. The van der Waals surface area contributed by atoms with E-state index < -0.39 is 11.8 Å². The first-order valence-corrected chi connectivity index (χ1v) is 8.36. The minimum atomic E-state index is -0.556. The van der Waals surface area contributed by atoms with Gasteiger partial charge in [0, 0.05) is 23.0 Å². The monoisotopic (exact) mass is 385 g/mol. The van der Waals surface area contributed by atoms with Crippen LogP contribution < -0.4 is 10.9 Å². The molecule has 2 aromatic carbocycles. The maximum Gasteiger partial charge on any atom is 0.271 e. The molecule has 0 unspecified atom stereocenters. The van der Waals surface area contributed by atoms with E-state index in [0.717, 1.165) is 11.1 Å². The molecule has 0 saturated heterocycles. The number of pyridine rings is 1. The van der Waals surface area contributed by atoms with Crippen LogP contribution in [0.15, 0.2) is 67.0 Å². The Hall–Kier alpha value is -2.89. The molecule has 1 aromatic heterocycles. The molecule has 7 heteroatoms. The average Bonchev–Trinajstić information content (AvgIpc) is 2.68. The first kappa shape index (κ1) is 17.9. The van der Waals surface area contributed by atoms with E-state index in [1.54, 1.807) is 30.6 Å². The summed E-state index contributed by atoms with van der Waals surface area (Å²) in [7, 11) is 0. The van der Waals surface area contributed by atoms with Crippen LogP contribution in [-0.2, 0) is 0 Å². The van der Waals surface area contributed by atoms with Crippen molar-refractivity contribution in [1.82, 2.24) is 15.8 Å². The van der Waals surface area contributed by atoms with E-state index in [1.807, 2.05) is 24.3 Å². The summed E-state index contributed by atoms with van der Waals surface area (Å²) in [5.41, 5.74) is 7.20. The highest BCUT2D eigenvalue weighted by Gasteiger charge is 2.13. The van der Waals surface area contributed by atoms with Gasteiger partial charge >= 0.3 is 0 Å². The van der Waals surface area contributed by atoms with Crippen molar-refractivity contribution < 1.29 is 9.59 Å². The van der Waals surface area contributed by atoms with Crippen molar-refractivity contribution in [1.29, 1.82) is 0 Å². The third-order valence-electron chi connectivity index (χ3n) is 3.62. The quantitative estimate of drug-likeness (QED) is 0.665. The van der Waals surface area contributed by atoms with Crippen molar-refractivity contribution in [2.75, 3.05) is 0 Å². The zero-order chi connectivity index (χ0) is 18.5. The zero-order valence-corrected chi connectivity index (χ0v) is 14.9. The van der Waals surface area contributed by atoms with E-state index in [-0.39, 0.29) is 10.6 Å². The third-order valence-corrected chi connectivity index (χ3v) is 4.19. The molecule has 0 aliphatic heterocycles. The zero-order valence-electron chi connectivity index (χ0n) is 13.4. The van der Waals surface area contributed by atoms with Crippen LogP contribution in [-0.4, -0.2) is 16.8 Å². The van der Waals surface area contributed by atoms with Gasteiger partial charge in [0.15, 0.2) is 0 Å². The lowest BCUT2D eigenvalue weighted by atomic mass is 10.1. The predicted molar refractivity (Wildman–Crippen MR) is 101 cm³/mol. The number of hydrogen-bond acceptors (Lipinski definition) is 3. The maximum atomic E-state index is 12.2. The molecule has 0 saturated carbocycles.